The van der Waals surface area contributed by atoms with Gasteiger partial charge in [-0.15, -0.1) is 11.3 Å². The third-order valence-electron chi connectivity index (χ3n) is 10.6. The number of nitrogens with zero attached hydrogens (tertiary/aromatic N) is 1. The normalized spacial score (nSPS) is 23.5. The summed E-state index contributed by atoms with van der Waals surface area (Å²) in [6.07, 6.45) is 2.02. The Balaban J connectivity index is 0.00000166. The smallest absolute Gasteiger partial charge is 0.464 e. The molecule has 2 aromatic carbocycles. The Labute approximate surface area is 276 Å². The molecule has 0 N–H and O–H groups in total. The van der Waals surface area contributed by atoms with Gasteiger partial charge in [0.2, 0.25) is 6.23 Å². The van der Waals surface area contributed by atoms with Crippen LogP contribution in [0.4, 0.5) is 4.39 Å². The first-order chi connectivity index (χ1) is 21.6. The summed E-state index contributed by atoms with van der Waals surface area (Å²) in [7, 11) is -1.18. The van der Waals surface area contributed by atoms with E-state index in [0.717, 1.165) is 26.9 Å². The van der Waals surface area contributed by atoms with Crippen LogP contribution in [-0.2, 0) is 18.6 Å². The Hall–Kier alpha value is -2.62. The first kappa shape index (κ1) is 32.0. The van der Waals surface area contributed by atoms with Gasteiger partial charge in [0.15, 0.2) is 0 Å². The fourth-order valence-corrected chi connectivity index (χ4v) is 7.53. The number of benzene rings is 2. The van der Waals surface area contributed by atoms with Crippen LogP contribution in [0, 0.1) is 5.82 Å². The highest BCUT2D eigenvalue weighted by Crippen LogP contribution is 2.49. The van der Waals surface area contributed by atoms with E-state index in [0.29, 0.717) is 22.7 Å². The van der Waals surface area contributed by atoms with Gasteiger partial charge >= 0.3 is 14.2 Å². The van der Waals surface area contributed by atoms with Crippen LogP contribution in [0.1, 0.15) is 104 Å². The minimum atomic E-state index is -0.694. The standard InChI is InChI=1S/C34H38B2FNO5S.C2H6/c1-31(2)32(3,4)41-35(40-31)21-11-12-24-20(15-21)16-25-29-23(37)17-22(36-42-33(5,6)34(7,8)43-36)18-26(29)39-30(38(24)25)28-14-13-27(44-28)19-9-10-19;1-2/h11-19,30H,9-10H2,1-8H3;1-2H3. The second-order valence-corrected chi connectivity index (χ2v) is 15.9. The molecule has 3 fully saturated rings. The van der Waals surface area contributed by atoms with Crippen LogP contribution < -0.4 is 15.7 Å². The molecule has 6 nitrogen and oxygen atoms in total. The second kappa shape index (κ2) is 10.7. The summed E-state index contributed by atoms with van der Waals surface area (Å²) in [4.78, 5) is 2.47. The second-order valence-electron chi connectivity index (χ2n) is 14.8. The Kier molecular flexibility index (Phi) is 7.43. The average Bonchev–Trinajstić information content (AvgIpc) is 3.41. The highest BCUT2D eigenvalue weighted by Gasteiger charge is 2.53. The summed E-state index contributed by atoms with van der Waals surface area (Å²) in [6.45, 7) is 20.2. The quantitative estimate of drug-likeness (QED) is 0.212. The van der Waals surface area contributed by atoms with Crippen LogP contribution in [0.5, 0.6) is 5.75 Å². The van der Waals surface area contributed by atoms with Crippen molar-refractivity contribution in [1.29, 1.82) is 0 Å². The van der Waals surface area contributed by atoms with E-state index in [4.69, 9.17) is 23.4 Å². The summed E-state index contributed by atoms with van der Waals surface area (Å²) in [5.74, 6) is 0.758. The highest BCUT2D eigenvalue weighted by atomic mass is 32.1. The van der Waals surface area contributed by atoms with Crippen LogP contribution in [0.15, 0.2) is 48.5 Å². The Bertz CT molecular complexity index is 1790. The van der Waals surface area contributed by atoms with E-state index in [2.05, 4.69) is 62.6 Å². The molecule has 2 saturated heterocycles. The van der Waals surface area contributed by atoms with Gasteiger partial charge in [-0.2, -0.15) is 0 Å². The molecule has 5 heterocycles. The first-order valence-electron chi connectivity index (χ1n) is 16.6. The molecule has 0 radical (unpaired) electrons. The Morgan fingerprint density at radius 2 is 1.28 bits per heavy atom. The lowest BCUT2D eigenvalue weighted by Gasteiger charge is -2.32. The third-order valence-corrected chi connectivity index (χ3v) is 11.9. The number of rotatable bonds is 4. The van der Waals surface area contributed by atoms with Gasteiger partial charge in [0.25, 0.3) is 0 Å². The molecule has 1 unspecified atom stereocenters. The number of hydrogen-bond donors (Lipinski definition) is 0. The number of halogens is 1. The Morgan fingerprint density at radius 3 is 1.87 bits per heavy atom. The Morgan fingerprint density at radius 1 is 0.717 bits per heavy atom. The number of ether oxygens (including phenoxy) is 1. The minimum Gasteiger partial charge on any atom is -0.464 e. The molecular weight excluding hydrogens is 599 g/mol. The lowest BCUT2D eigenvalue weighted by Crippen LogP contribution is -2.41. The van der Waals surface area contributed by atoms with Crippen molar-refractivity contribution >= 4 is 47.4 Å². The van der Waals surface area contributed by atoms with Crippen molar-refractivity contribution in [3.63, 3.8) is 0 Å². The fraction of sp³-hybridized carbons (Fsp3) is 0.500. The zero-order valence-corrected chi connectivity index (χ0v) is 29.4. The van der Waals surface area contributed by atoms with Gasteiger partial charge in [-0.3, -0.25) is 4.57 Å². The van der Waals surface area contributed by atoms with Crippen LogP contribution >= 0.6 is 11.3 Å². The van der Waals surface area contributed by atoms with Crippen molar-refractivity contribution in [3.05, 3.63) is 64.1 Å². The van der Waals surface area contributed by atoms with Crippen LogP contribution in [-0.4, -0.2) is 41.2 Å². The molecule has 1 atom stereocenters. The maximum atomic E-state index is 16.3. The molecule has 0 spiro atoms. The monoisotopic (exact) mass is 643 g/mol. The molecule has 1 saturated carbocycles. The number of hydrogen-bond acceptors (Lipinski definition) is 6. The molecule has 46 heavy (non-hydrogen) atoms. The summed E-state index contributed by atoms with van der Waals surface area (Å²) in [5.41, 5.74) is 1.76. The van der Waals surface area contributed by atoms with Crippen molar-refractivity contribution in [3.8, 4) is 17.0 Å². The molecular formula is C36H44B2FNO5S. The van der Waals surface area contributed by atoms with E-state index in [-0.39, 0.29) is 5.82 Å². The summed E-state index contributed by atoms with van der Waals surface area (Å²) in [6, 6.07) is 16.1. The first-order valence-corrected chi connectivity index (χ1v) is 17.4. The van der Waals surface area contributed by atoms with E-state index in [1.54, 1.807) is 11.3 Å². The molecule has 1 aliphatic carbocycles. The third kappa shape index (κ3) is 4.98. The van der Waals surface area contributed by atoms with Crippen molar-refractivity contribution in [2.75, 3.05) is 0 Å². The number of fused-ring (bicyclic) bond motifs is 5. The lowest BCUT2D eigenvalue weighted by atomic mass is 9.78. The lowest BCUT2D eigenvalue weighted by molar-refractivity contribution is 0.00578. The van der Waals surface area contributed by atoms with Gasteiger partial charge in [0, 0.05) is 10.3 Å². The predicted octanol–water partition coefficient (Wildman–Crippen LogP) is 7.95. The van der Waals surface area contributed by atoms with Gasteiger partial charge in [0.05, 0.1) is 44.1 Å². The van der Waals surface area contributed by atoms with Gasteiger partial charge < -0.3 is 23.4 Å². The zero-order chi connectivity index (χ0) is 33.0. The average molecular weight is 643 g/mol. The number of thiophene rings is 1. The highest BCUT2D eigenvalue weighted by molar-refractivity contribution is 7.12. The minimum absolute atomic E-state index is 0.370. The van der Waals surface area contributed by atoms with Gasteiger partial charge in [0.1, 0.15) is 11.6 Å². The summed E-state index contributed by atoms with van der Waals surface area (Å²) < 4.78 is 50.4. The van der Waals surface area contributed by atoms with Gasteiger partial charge in [-0.1, -0.05) is 26.0 Å². The van der Waals surface area contributed by atoms with Crippen molar-refractivity contribution in [2.24, 2.45) is 0 Å². The van der Waals surface area contributed by atoms with E-state index in [9.17, 15) is 0 Å². The molecule has 2 aromatic heterocycles. The van der Waals surface area contributed by atoms with Crippen molar-refractivity contribution in [2.45, 2.75) is 117 Å². The van der Waals surface area contributed by atoms with Crippen LogP contribution in [0.25, 0.3) is 22.2 Å². The van der Waals surface area contributed by atoms with E-state index < -0.39 is 42.9 Å². The molecule has 4 aromatic rings. The summed E-state index contributed by atoms with van der Waals surface area (Å²) >= 11 is 1.79. The summed E-state index contributed by atoms with van der Waals surface area (Å²) in [5, 5.41) is 0.974. The maximum absolute atomic E-state index is 16.3. The van der Waals surface area contributed by atoms with Crippen LogP contribution in [0.3, 0.4) is 0 Å². The van der Waals surface area contributed by atoms with Gasteiger partial charge in [-0.25, -0.2) is 4.39 Å². The molecule has 0 amide bonds. The van der Waals surface area contributed by atoms with Gasteiger partial charge in [-0.05, 0) is 121 Å². The van der Waals surface area contributed by atoms with E-state index >= 15 is 4.39 Å². The fourth-order valence-electron chi connectivity index (χ4n) is 6.33. The topological polar surface area (TPSA) is 51.1 Å². The molecule has 8 rings (SSSR count). The molecule has 0 bridgehead atoms. The SMILES string of the molecule is CC.CC1(C)OB(c2cc(F)c3c(c2)OC(c2ccc(C4CC4)s2)n2c-3cc3cc(B4OC(C)(C)C(C)(C)O4)ccc32)OC1(C)C. The van der Waals surface area contributed by atoms with E-state index in [1.165, 1.54) is 23.8 Å². The van der Waals surface area contributed by atoms with Crippen molar-refractivity contribution in [1.82, 2.24) is 4.57 Å². The molecule has 10 heteroatoms. The molecule has 3 aliphatic heterocycles. The molecule has 242 valence electrons. The zero-order valence-electron chi connectivity index (χ0n) is 28.6. The molecule has 4 aliphatic rings. The number of aromatic nitrogens is 1. The largest absolute Gasteiger partial charge is 0.495 e. The van der Waals surface area contributed by atoms with Crippen LogP contribution in [0.2, 0.25) is 0 Å². The van der Waals surface area contributed by atoms with E-state index in [1.807, 2.05) is 53.7 Å². The predicted molar refractivity (Wildman–Crippen MR) is 185 cm³/mol. The maximum Gasteiger partial charge on any atom is 0.495 e. The van der Waals surface area contributed by atoms with Crippen molar-refractivity contribution < 1.29 is 27.7 Å².